The highest BCUT2D eigenvalue weighted by atomic mass is 35.5. The Morgan fingerprint density at radius 1 is 1.48 bits per heavy atom. The summed E-state index contributed by atoms with van der Waals surface area (Å²) in [6.45, 7) is 1.77. The van der Waals surface area contributed by atoms with Gasteiger partial charge in [0.2, 0.25) is 5.91 Å². The van der Waals surface area contributed by atoms with Crippen LogP contribution in [0.25, 0.3) is 0 Å². The molecule has 1 amide bonds. The smallest absolute Gasteiger partial charge is 0.227 e. The molecule has 0 spiro atoms. The summed E-state index contributed by atoms with van der Waals surface area (Å²) < 4.78 is 13.5. The van der Waals surface area contributed by atoms with Gasteiger partial charge in [0, 0.05) is 30.0 Å². The number of nitrogens with zero attached hydrogens (tertiary/aromatic N) is 1. The third-order valence-corrected chi connectivity index (χ3v) is 3.54. The van der Waals surface area contributed by atoms with Gasteiger partial charge in [-0.2, -0.15) is 0 Å². The number of nitrogens with two attached hydrogens (primary N) is 1. The Bertz CT molecular complexity index is 603. The molecule has 1 heterocycles. The van der Waals surface area contributed by atoms with Crippen molar-refractivity contribution < 1.29 is 9.18 Å². The van der Waals surface area contributed by atoms with Gasteiger partial charge >= 0.3 is 0 Å². The molecule has 3 N–H and O–H groups in total. The van der Waals surface area contributed by atoms with Gasteiger partial charge in [-0.05, 0) is 18.6 Å². The fourth-order valence-corrected chi connectivity index (χ4v) is 2.59. The van der Waals surface area contributed by atoms with Gasteiger partial charge in [-0.3, -0.25) is 4.79 Å². The second kappa shape index (κ2) is 8.07. The summed E-state index contributed by atoms with van der Waals surface area (Å²) in [4.78, 5) is 16.6. The third kappa shape index (κ3) is 5.41. The topological polar surface area (TPSA) is 68.0 Å². The van der Waals surface area contributed by atoms with Crippen molar-refractivity contribution in [2.24, 2.45) is 5.73 Å². The first-order valence-corrected chi connectivity index (χ1v) is 7.10. The van der Waals surface area contributed by atoms with E-state index in [4.69, 9.17) is 5.73 Å². The maximum atomic E-state index is 13.5. The molecule has 7 heteroatoms. The van der Waals surface area contributed by atoms with Gasteiger partial charge in [0.25, 0.3) is 0 Å². The van der Waals surface area contributed by atoms with Crippen molar-refractivity contribution in [2.75, 3.05) is 5.32 Å². The lowest BCUT2D eigenvalue weighted by molar-refractivity contribution is -0.116. The van der Waals surface area contributed by atoms with Gasteiger partial charge in [-0.1, -0.05) is 18.2 Å². The zero-order chi connectivity index (χ0) is 14.5. The van der Waals surface area contributed by atoms with Crippen LogP contribution in [0.2, 0.25) is 0 Å². The number of hydrogen-bond donors (Lipinski definition) is 2. The number of hydrogen-bond acceptors (Lipinski definition) is 4. The molecule has 1 aromatic heterocycles. The predicted molar refractivity (Wildman–Crippen MR) is 85.5 cm³/mol. The molecule has 1 unspecified atom stereocenters. The van der Waals surface area contributed by atoms with E-state index in [1.807, 2.05) is 0 Å². The van der Waals surface area contributed by atoms with E-state index in [0.29, 0.717) is 17.1 Å². The van der Waals surface area contributed by atoms with Gasteiger partial charge in [0.15, 0.2) is 5.13 Å². The number of amides is 1. The molecule has 21 heavy (non-hydrogen) atoms. The van der Waals surface area contributed by atoms with Crippen LogP contribution in [0.1, 0.15) is 23.8 Å². The van der Waals surface area contributed by atoms with Crippen LogP contribution in [0.5, 0.6) is 0 Å². The zero-order valence-corrected chi connectivity index (χ0v) is 13.1. The van der Waals surface area contributed by atoms with E-state index in [2.05, 4.69) is 10.3 Å². The lowest BCUT2D eigenvalue weighted by Gasteiger charge is -2.03. The lowest BCUT2D eigenvalue weighted by Crippen LogP contribution is -2.23. The molecule has 2 aromatic rings. The SMILES string of the molecule is CC(N)CC(=O)Nc1ncc(Cc2ccccc2F)s1.Cl. The molecule has 0 saturated heterocycles. The second-order valence-corrected chi connectivity index (χ2v) is 5.74. The van der Waals surface area contributed by atoms with E-state index in [9.17, 15) is 9.18 Å². The molecule has 1 atom stereocenters. The molecule has 1 aromatic carbocycles. The summed E-state index contributed by atoms with van der Waals surface area (Å²) in [7, 11) is 0. The number of thiazole rings is 1. The molecule has 0 bridgehead atoms. The van der Waals surface area contributed by atoms with Crippen molar-refractivity contribution in [1.29, 1.82) is 0 Å². The molecule has 0 aliphatic heterocycles. The summed E-state index contributed by atoms with van der Waals surface area (Å²) in [6.07, 6.45) is 2.37. The van der Waals surface area contributed by atoms with Crippen LogP contribution in [0.15, 0.2) is 30.5 Å². The molecule has 0 aliphatic carbocycles. The molecule has 0 radical (unpaired) electrons. The number of benzene rings is 1. The quantitative estimate of drug-likeness (QED) is 0.886. The summed E-state index contributed by atoms with van der Waals surface area (Å²) >= 11 is 1.34. The summed E-state index contributed by atoms with van der Waals surface area (Å²) in [5.74, 6) is -0.393. The Kier molecular flexibility index (Phi) is 6.74. The minimum absolute atomic E-state index is 0. The fraction of sp³-hybridized carbons (Fsp3) is 0.286. The predicted octanol–water partition coefficient (Wildman–Crippen LogP) is 2.97. The number of rotatable bonds is 5. The number of halogens is 2. The average Bonchev–Trinajstić information content (AvgIpc) is 2.78. The number of anilines is 1. The maximum absolute atomic E-state index is 13.5. The van der Waals surface area contributed by atoms with E-state index in [-0.39, 0.29) is 36.6 Å². The van der Waals surface area contributed by atoms with Gasteiger partial charge < -0.3 is 11.1 Å². The minimum Gasteiger partial charge on any atom is -0.327 e. The average molecular weight is 330 g/mol. The van der Waals surface area contributed by atoms with Crippen molar-refractivity contribution in [3.8, 4) is 0 Å². The highest BCUT2D eigenvalue weighted by Gasteiger charge is 2.10. The number of carbonyl (C=O) groups excluding carboxylic acids is 1. The van der Waals surface area contributed by atoms with Crippen LogP contribution in [0.3, 0.4) is 0 Å². The highest BCUT2D eigenvalue weighted by molar-refractivity contribution is 7.15. The Balaban J connectivity index is 0.00000220. The number of carbonyl (C=O) groups is 1. The highest BCUT2D eigenvalue weighted by Crippen LogP contribution is 2.22. The Morgan fingerprint density at radius 2 is 2.19 bits per heavy atom. The molecule has 0 saturated carbocycles. The maximum Gasteiger partial charge on any atom is 0.227 e. The normalized spacial score (nSPS) is 11.6. The van der Waals surface area contributed by atoms with Crippen LogP contribution < -0.4 is 11.1 Å². The molecule has 4 nitrogen and oxygen atoms in total. The van der Waals surface area contributed by atoms with Crippen molar-refractivity contribution in [2.45, 2.75) is 25.8 Å². The molecule has 2 rings (SSSR count). The zero-order valence-electron chi connectivity index (χ0n) is 11.5. The van der Waals surface area contributed by atoms with Crippen LogP contribution >= 0.6 is 23.7 Å². The minimum atomic E-state index is -0.233. The first-order valence-electron chi connectivity index (χ1n) is 6.28. The third-order valence-electron chi connectivity index (χ3n) is 2.63. The summed E-state index contributed by atoms with van der Waals surface area (Å²) in [5, 5.41) is 3.20. The summed E-state index contributed by atoms with van der Waals surface area (Å²) in [6, 6.07) is 6.44. The largest absolute Gasteiger partial charge is 0.327 e. The van der Waals surface area contributed by atoms with E-state index in [1.165, 1.54) is 17.4 Å². The molecule has 0 fully saturated rings. The fourth-order valence-electron chi connectivity index (χ4n) is 1.74. The Labute approximate surface area is 133 Å². The molecular weight excluding hydrogens is 313 g/mol. The molecular formula is C14H17ClFN3OS. The van der Waals surface area contributed by atoms with E-state index in [0.717, 1.165) is 4.88 Å². The van der Waals surface area contributed by atoms with E-state index >= 15 is 0 Å². The number of nitrogens with one attached hydrogen (secondary N) is 1. The monoisotopic (exact) mass is 329 g/mol. The van der Waals surface area contributed by atoms with Crippen molar-refractivity contribution >= 4 is 34.8 Å². The van der Waals surface area contributed by atoms with Crippen LogP contribution in [-0.4, -0.2) is 16.9 Å². The van der Waals surface area contributed by atoms with E-state index in [1.54, 1.807) is 31.3 Å². The second-order valence-electron chi connectivity index (χ2n) is 4.63. The van der Waals surface area contributed by atoms with Gasteiger partial charge in [-0.25, -0.2) is 9.37 Å². The van der Waals surface area contributed by atoms with Gasteiger partial charge in [-0.15, -0.1) is 23.7 Å². The standard InChI is InChI=1S/C14H16FN3OS.ClH/c1-9(16)6-13(19)18-14-17-8-11(20-14)7-10-4-2-3-5-12(10)15;/h2-5,8-9H,6-7,16H2,1H3,(H,17,18,19);1H. The lowest BCUT2D eigenvalue weighted by atomic mass is 10.1. The number of aromatic nitrogens is 1. The van der Waals surface area contributed by atoms with Crippen LogP contribution in [0, 0.1) is 5.82 Å². The van der Waals surface area contributed by atoms with Crippen LogP contribution in [-0.2, 0) is 11.2 Å². The van der Waals surface area contributed by atoms with Crippen LogP contribution in [0.4, 0.5) is 9.52 Å². The van der Waals surface area contributed by atoms with E-state index < -0.39 is 0 Å². The van der Waals surface area contributed by atoms with Gasteiger partial charge in [0.1, 0.15) is 5.82 Å². The molecule has 114 valence electrons. The summed E-state index contributed by atoms with van der Waals surface area (Å²) in [5.41, 5.74) is 6.17. The Morgan fingerprint density at radius 3 is 2.86 bits per heavy atom. The molecule has 0 aliphatic rings. The Hall–Kier alpha value is -1.50. The first-order chi connectivity index (χ1) is 9.54. The van der Waals surface area contributed by atoms with Crippen molar-refractivity contribution in [1.82, 2.24) is 4.98 Å². The first kappa shape index (κ1) is 17.6. The van der Waals surface area contributed by atoms with Crippen molar-refractivity contribution in [3.63, 3.8) is 0 Å². The van der Waals surface area contributed by atoms with Crippen molar-refractivity contribution in [3.05, 3.63) is 46.7 Å². The van der Waals surface area contributed by atoms with Gasteiger partial charge in [0.05, 0.1) is 0 Å².